The van der Waals surface area contributed by atoms with Crippen LogP contribution in [0.25, 0.3) is 0 Å². The Morgan fingerprint density at radius 3 is 3.00 bits per heavy atom. The van der Waals surface area contributed by atoms with Crippen molar-refractivity contribution in [3.63, 3.8) is 0 Å². The second-order valence-electron chi connectivity index (χ2n) is 3.24. The van der Waals surface area contributed by atoms with Crippen LogP contribution < -0.4 is 5.32 Å². The molecule has 1 aliphatic carbocycles. The van der Waals surface area contributed by atoms with Gasteiger partial charge in [-0.05, 0) is 19.1 Å². The molecule has 11 heavy (non-hydrogen) atoms. The van der Waals surface area contributed by atoms with Gasteiger partial charge in [0.1, 0.15) is 0 Å². The number of aliphatic imine (C=N–C) groups is 1. The summed E-state index contributed by atoms with van der Waals surface area (Å²) < 4.78 is 0. The maximum atomic E-state index is 4.60. The van der Waals surface area contributed by atoms with E-state index in [1.165, 1.54) is 25.7 Å². The van der Waals surface area contributed by atoms with Crippen molar-refractivity contribution in [1.29, 1.82) is 0 Å². The summed E-state index contributed by atoms with van der Waals surface area (Å²) in [4.78, 5) is 4.60. The molecule has 0 saturated heterocycles. The first-order valence-corrected chi connectivity index (χ1v) is 5.51. The highest BCUT2D eigenvalue weighted by molar-refractivity contribution is 8.13. The zero-order valence-corrected chi connectivity index (χ0v) is 7.66. The van der Waals surface area contributed by atoms with E-state index in [1.54, 1.807) is 11.8 Å². The standard InChI is InChI=1S/C8H14N2S/c1-11-8-9-6-4-2-3-5-7(6)10-8/h6-7H,2-5H2,1H3,(H,9,10). The molecule has 2 atom stereocenters. The van der Waals surface area contributed by atoms with Crippen molar-refractivity contribution in [2.75, 3.05) is 6.26 Å². The molecule has 2 nitrogen and oxygen atoms in total. The third-order valence-corrected chi connectivity index (χ3v) is 3.12. The van der Waals surface area contributed by atoms with E-state index in [9.17, 15) is 0 Å². The second-order valence-corrected chi connectivity index (χ2v) is 4.04. The minimum absolute atomic E-state index is 0.603. The third kappa shape index (κ3) is 1.39. The Balaban J connectivity index is 2.02. The fourth-order valence-electron chi connectivity index (χ4n) is 1.89. The molecule has 3 heteroatoms. The fourth-order valence-corrected chi connectivity index (χ4v) is 2.40. The zero-order valence-electron chi connectivity index (χ0n) is 6.84. The molecule has 0 aromatic carbocycles. The maximum Gasteiger partial charge on any atom is 0.156 e. The molecular weight excluding hydrogens is 156 g/mol. The van der Waals surface area contributed by atoms with Gasteiger partial charge in [0, 0.05) is 0 Å². The van der Waals surface area contributed by atoms with Gasteiger partial charge in [0.05, 0.1) is 12.1 Å². The van der Waals surface area contributed by atoms with Crippen LogP contribution in [0.2, 0.25) is 0 Å². The van der Waals surface area contributed by atoms with E-state index in [0.717, 1.165) is 5.17 Å². The van der Waals surface area contributed by atoms with Crippen molar-refractivity contribution in [3.05, 3.63) is 0 Å². The largest absolute Gasteiger partial charge is 0.360 e. The fraction of sp³-hybridized carbons (Fsp3) is 0.875. The Labute approximate surface area is 71.9 Å². The summed E-state index contributed by atoms with van der Waals surface area (Å²) in [5, 5.41) is 4.61. The Bertz CT molecular complexity index is 179. The minimum Gasteiger partial charge on any atom is -0.360 e. The van der Waals surface area contributed by atoms with Crippen molar-refractivity contribution < 1.29 is 0 Å². The molecule has 2 rings (SSSR count). The van der Waals surface area contributed by atoms with Gasteiger partial charge in [-0.1, -0.05) is 24.6 Å². The molecule has 1 N–H and O–H groups in total. The topological polar surface area (TPSA) is 24.4 Å². The number of nitrogens with one attached hydrogen (secondary N) is 1. The van der Waals surface area contributed by atoms with Gasteiger partial charge in [0.15, 0.2) is 5.17 Å². The average Bonchev–Trinajstić information content (AvgIpc) is 2.46. The Hall–Kier alpha value is -0.180. The predicted molar refractivity (Wildman–Crippen MR) is 50.1 cm³/mol. The number of hydrogen-bond donors (Lipinski definition) is 1. The van der Waals surface area contributed by atoms with Crippen LogP contribution in [-0.4, -0.2) is 23.5 Å². The first kappa shape index (κ1) is 7.47. The molecule has 1 fully saturated rings. The lowest BCUT2D eigenvalue weighted by molar-refractivity contribution is 0.385. The molecular formula is C8H14N2S. The molecule has 1 heterocycles. The molecule has 62 valence electrons. The first-order chi connectivity index (χ1) is 5.40. The maximum absolute atomic E-state index is 4.60. The molecule has 1 aliphatic heterocycles. The molecule has 0 spiro atoms. The highest BCUT2D eigenvalue weighted by Crippen LogP contribution is 2.26. The van der Waals surface area contributed by atoms with Gasteiger partial charge in [-0.2, -0.15) is 0 Å². The molecule has 0 aromatic rings. The summed E-state index contributed by atoms with van der Waals surface area (Å²) in [6.45, 7) is 0. The lowest BCUT2D eigenvalue weighted by atomic mass is 9.92. The van der Waals surface area contributed by atoms with Gasteiger partial charge in [0.25, 0.3) is 0 Å². The van der Waals surface area contributed by atoms with Gasteiger partial charge in [-0.15, -0.1) is 0 Å². The highest BCUT2D eigenvalue weighted by atomic mass is 32.2. The van der Waals surface area contributed by atoms with Crippen LogP contribution in [0.5, 0.6) is 0 Å². The van der Waals surface area contributed by atoms with E-state index in [4.69, 9.17) is 0 Å². The van der Waals surface area contributed by atoms with E-state index < -0.39 is 0 Å². The molecule has 2 unspecified atom stereocenters. The second kappa shape index (κ2) is 3.05. The van der Waals surface area contributed by atoms with Crippen molar-refractivity contribution in [1.82, 2.24) is 5.32 Å². The summed E-state index contributed by atoms with van der Waals surface area (Å²) in [6, 6.07) is 1.28. The number of fused-ring (bicyclic) bond motifs is 1. The van der Waals surface area contributed by atoms with E-state index >= 15 is 0 Å². The smallest absolute Gasteiger partial charge is 0.156 e. The van der Waals surface area contributed by atoms with Crippen LogP contribution in [0.4, 0.5) is 0 Å². The SMILES string of the molecule is CSC1=NC2CCCCC2N1. The van der Waals surface area contributed by atoms with Crippen LogP contribution in [0.1, 0.15) is 25.7 Å². The molecule has 0 bridgehead atoms. The summed E-state index contributed by atoms with van der Waals surface area (Å²) in [5.74, 6) is 0. The van der Waals surface area contributed by atoms with Crippen molar-refractivity contribution in [2.24, 2.45) is 4.99 Å². The van der Waals surface area contributed by atoms with E-state index in [2.05, 4.69) is 16.6 Å². The van der Waals surface area contributed by atoms with Crippen molar-refractivity contribution >= 4 is 16.9 Å². The molecule has 2 aliphatic rings. The van der Waals surface area contributed by atoms with E-state index in [1.807, 2.05) is 0 Å². The van der Waals surface area contributed by atoms with Gasteiger partial charge in [-0.3, -0.25) is 4.99 Å². The van der Waals surface area contributed by atoms with Gasteiger partial charge >= 0.3 is 0 Å². The number of thioether (sulfide) groups is 1. The average molecular weight is 170 g/mol. The van der Waals surface area contributed by atoms with Gasteiger partial charge in [0.2, 0.25) is 0 Å². The summed E-state index contributed by atoms with van der Waals surface area (Å²) in [5.41, 5.74) is 0. The minimum atomic E-state index is 0.603. The van der Waals surface area contributed by atoms with Crippen LogP contribution in [0.3, 0.4) is 0 Å². The van der Waals surface area contributed by atoms with Gasteiger partial charge < -0.3 is 5.32 Å². The summed E-state index contributed by atoms with van der Waals surface area (Å²) >= 11 is 1.74. The Kier molecular flexibility index (Phi) is 2.07. The Morgan fingerprint density at radius 2 is 2.27 bits per heavy atom. The van der Waals surface area contributed by atoms with Crippen LogP contribution in [0.15, 0.2) is 4.99 Å². The number of hydrogen-bond acceptors (Lipinski definition) is 3. The monoisotopic (exact) mass is 170 g/mol. The van der Waals surface area contributed by atoms with Crippen LogP contribution in [0, 0.1) is 0 Å². The van der Waals surface area contributed by atoms with Gasteiger partial charge in [-0.25, -0.2) is 0 Å². The Morgan fingerprint density at radius 1 is 1.45 bits per heavy atom. The molecule has 0 radical (unpaired) electrons. The predicted octanol–water partition coefficient (Wildman–Crippen LogP) is 1.62. The van der Waals surface area contributed by atoms with Crippen LogP contribution >= 0.6 is 11.8 Å². The quantitative estimate of drug-likeness (QED) is 0.597. The number of amidine groups is 1. The van der Waals surface area contributed by atoms with Crippen molar-refractivity contribution in [2.45, 2.75) is 37.8 Å². The number of rotatable bonds is 0. The van der Waals surface area contributed by atoms with E-state index in [-0.39, 0.29) is 0 Å². The zero-order chi connectivity index (χ0) is 7.68. The summed E-state index contributed by atoms with van der Waals surface area (Å²) in [6.07, 6.45) is 7.45. The molecule has 0 amide bonds. The summed E-state index contributed by atoms with van der Waals surface area (Å²) in [7, 11) is 0. The van der Waals surface area contributed by atoms with E-state index in [0.29, 0.717) is 12.1 Å². The lowest BCUT2D eigenvalue weighted by Gasteiger charge is -2.22. The molecule has 1 saturated carbocycles. The first-order valence-electron chi connectivity index (χ1n) is 4.28. The molecule has 0 aromatic heterocycles. The third-order valence-electron chi connectivity index (χ3n) is 2.51. The normalized spacial score (nSPS) is 35.9. The highest BCUT2D eigenvalue weighted by Gasteiger charge is 2.29. The number of nitrogens with zero attached hydrogens (tertiary/aromatic N) is 1. The van der Waals surface area contributed by atoms with Crippen molar-refractivity contribution in [3.8, 4) is 0 Å². The lowest BCUT2D eigenvalue weighted by Crippen LogP contribution is -2.35. The van der Waals surface area contributed by atoms with Crippen LogP contribution in [-0.2, 0) is 0 Å².